The van der Waals surface area contributed by atoms with Gasteiger partial charge >= 0.3 is 36.7 Å². The van der Waals surface area contributed by atoms with Gasteiger partial charge in [-0.25, -0.2) is 19.0 Å². The van der Waals surface area contributed by atoms with Crippen LogP contribution < -0.4 is 0 Å². The maximum Gasteiger partial charge on any atom is 0.495 e. The van der Waals surface area contributed by atoms with Crippen LogP contribution in [0.4, 0.5) is 43.9 Å². The van der Waals surface area contributed by atoms with Gasteiger partial charge in [0.15, 0.2) is 11.9 Å². The van der Waals surface area contributed by atoms with Crippen molar-refractivity contribution in [1.29, 1.82) is 0 Å². The number of alkyl halides is 10. The van der Waals surface area contributed by atoms with Gasteiger partial charge in [-0.2, -0.15) is 35.1 Å². The number of methoxy groups -OCH3 is 1. The molecule has 0 N–H and O–H groups in total. The van der Waals surface area contributed by atoms with E-state index in [1.807, 2.05) is 0 Å². The molecule has 2 atom stereocenters. The van der Waals surface area contributed by atoms with Gasteiger partial charge in [0, 0.05) is 0 Å². The van der Waals surface area contributed by atoms with Crippen molar-refractivity contribution in [2.24, 2.45) is 0 Å². The molecular weight excluding hydrogens is 498 g/mol. The van der Waals surface area contributed by atoms with Crippen molar-refractivity contribution in [3.05, 3.63) is 0 Å². The Morgan fingerprint density at radius 3 is 1.52 bits per heavy atom. The third-order valence-corrected chi connectivity index (χ3v) is 3.24. The summed E-state index contributed by atoms with van der Waals surface area (Å²) in [4.78, 5) is 21.8. The number of carbonyl (C=O) groups excluding carboxylic acids is 2. The Hall–Kier alpha value is -1.76. The number of carbonyl (C=O) groups is 2. The molecular formula is C15H18F10O8. The number of rotatable bonds is 15. The van der Waals surface area contributed by atoms with Crippen molar-refractivity contribution in [3.8, 4) is 0 Å². The highest BCUT2D eigenvalue weighted by molar-refractivity contribution is 5.79. The summed E-state index contributed by atoms with van der Waals surface area (Å²) in [6.45, 7) is -1.82. The molecule has 18 heteroatoms. The van der Waals surface area contributed by atoms with Crippen molar-refractivity contribution in [2.45, 2.75) is 63.7 Å². The second-order valence-electron chi connectivity index (χ2n) is 6.12. The molecule has 0 rings (SSSR count). The number of ketones is 1. The molecule has 0 radical (unpaired) electrons. The maximum atomic E-state index is 13.4. The van der Waals surface area contributed by atoms with Crippen LogP contribution in [0.2, 0.25) is 0 Å². The van der Waals surface area contributed by atoms with Gasteiger partial charge in [-0.05, 0) is 20.8 Å². The third-order valence-electron chi connectivity index (χ3n) is 3.24. The van der Waals surface area contributed by atoms with Crippen molar-refractivity contribution >= 4 is 11.8 Å². The van der Waals surface area contributed by atoms with Crippen LogP contribution in [0.25, 0.3) is 0 Å². The molecule has 0 heterocycles. The van der Waals surface area contributed by atoms with Crippen LogP contribution in [0.15, 0.2) is 0 Å². The summed E-state index contributed by atoms with van der Waals surface area (Å²) in [5.74, 6) is -2.12. The van der Waals surface area contributed by atoms with Crippen molar-refractivity contribution in [3.63, 3.8) is 0 Å². The lowest BCUT2D eigenvalue weighted by Crippen LogP contribution is -2.54. The van der Waals surface area contributed by atoms with E-state index in [9.17, 15) is 53.5 Å². The number of hydrogen-bond acceptors (Lipinski definition) is 8. The van der Waals surface area contributed by atoms with Crippen LogP contribution in [-0.4, -0.2) is 75.0 Å². The molecule has 8 nitrogen and oxygen atoms in total. The number of hydrogen-bond donors (Lipinski definition) is 0. The molecule has 0 saturated heterocycles. The molecule has 0 aliphatic heterocycles. The molecule has 0 unspecified atom stereocenters. The summed E-state index contributed by atoms with van der Waals surface area (Å²) in [5.41, 5.74) is 0. The molecule has 0 saturated carbocycles. The molecule has 0 bridgehead atoms. The Bertz CT molecular complexity index is 673. The van der Waals surface area contributed by atoms with E-state index in [2.05, 4.69) is 28.4 Å². The molecule has 0 amide bonds. The Morgan fingerprint density at radius 1 is 0.697 bits per heavy atom. The first-order valence-corrected chi connectivity index (χ1v) is 8.37. The molecule has 0 aliphatic carbocycles. The molecule has 0 aliphatic rings. The van der Waals surface area contributed by atoms with E-state index >= 15 is 0 Å². The van der Waals surface area contributed by atoms with Crippen LogP contribution in [0.1, 0.15) is 20.8 Å². The lowest BCUT2D eigenvalue weighted by molar-refractivity contribution is -0.567. The Morgan fingerprint density at radius 2 is 1.09 bits per heavy atom. The number of ether oxygens (including phenoxy) is 6. The van der Waals surface area contributed by atoms with Crippen LogP contribution >= 0.6 is 0 Å². The molecule has 33 heavy (non-hydrogen) atoms. The van der Waals surface area contributed by atoms with Crippen LogP contribution in [0.3, 0.4) is 0 Å². The minimum atomic E-state index is -6.66. The predicted octanol–water partition coefficient (Wildman–Crippen LogP) is 3.53. The molecule has 196 valence electrons. The lowest BCUT2D eigenvalue weighted by Gasteiger charge is -2.32. The van der Waals surface area contributed by atoms with E-state index in [-0.39, 0.29) is 0 Å². The van der Waals surface area contributed by atoms with Gasteiger partial charge < -0.3 is 14.2 Å². The Balaban J connectivity index is 5.20. The maximum absolute atomic E-state index is 13.4. The topological polar surface area (TPSA) is 89.5 Å². The lowest BCUT2D eigenvalue weighted by atomic mass is 10.3. The summed E-state index contributed by atoms with van der Waals surface area (Å²) in [6, 6.07) is 0. The first kappa shape index (κ1) is 31.2. The van der Waals surface area contributed by atoms with Crippen LogP contribution in [0, 0.1) is 0 Å². The zero-order chi connectivity index (χ0) is 26.5. The summed E-state index contributed by atoms with van der Waals surface area (Å²) in [7, 11) is 0.808. The van der Waals surface area contributed by atoms with E-state index in [1.165, 1.54) is 0 Å². The minimum absolute atomic E-state index is 0.808. The van der Waals surface area contributed by atoms with Crippen molar-refractivity contribution < 1.29 is 81.9 Å². The van der Waals surface area contributed by atoms with Gasteiger partial charge in [0.2, 0.25) is 0 Å². The van der Waals surface area contributed by atoms with Crippen molar-refractivity contribution in [1.82, 2.24) is 0 Å². The van der Waals surface area contributed by atoms with Gasteiger partial charge in [-0.1, -0.05) is 0 Å². The van der Waals surface area contributed by atoms with E-state index in [4.69, 9.17) is 0 Å². The zero-order valence-electron chi connectivity index (χ0n) is 17.1. The van der Waals surface area contributed by atoms with E-state index in [1.54, 1.807) is 0 Å². The summed E-state index contributed by atoms with van der Waals surface area (Å²) in [6.07, 6.45) is -33.3. The fourth-order valence-electron chi connectivity index (χ4n) is 1.50. The van der Waals surface area contributed by atoms with Crippen molar-refractivity contribution in [2.75, 3.05) is 20.3 Å². The second-order valence-corrected chi connectivity index (χ2v) is 6.12. The smallest absolute Gasteiger partial charge is 0.467 e. The fourth-order valence-corrected chi connectivity index (χ4v) is 1.50. The third kappa shape index (κ3) is 10.8. The average molecular weight is 516 g/mol. The Labute approximate surface area is 179 Å². The fraction of sp³-hybridized carbons (Fsp3) is 0.867. The minimum Gasteiger partial charge on any atom is -0.467 e. The normalized spacial score (nSPS) is 15.8. The molecule has 0 spiro atoms. The van der Waals surface area contributed by atoms with Gasteiger partial charge in [0.05, 0.1) is 7.11 Å². The summed E-state index contributed by atoms with van der Waals surface area (Å²) in [5, 5.41) is 0. The van der Waals surface area contributed by atoms with E-state index in [0.717, 1.165) is 27.9 Å². The molecule has 0 fully saturated rings. The zero-order valence-corrected chi connectivity index (χ0v) is 17.1. The number of Topliss-reactive ketones (excluding diaryl/α,β-unsaturated/α-hetero) is 1. The first-order chi connectivity index (χ1) is 14.6. The van der Waals surface area contributed by atoms with Crippen LogP contribution in [0.5, 0.6) is 0 Å². The van der Waals surface area contributed by atoms with Gasteiger partial charge in [0.1, 0.15) is 19.3 Å². The first-order valence-electron chi connectivity index (χ1n) is 8.37. The van der Waals surface area contributed by atoms with E-state index in [0.29, 0.717) is 0 Å². The standard InChI is InChI=1S/C15H18F10O8/c1-7(26)8(2)29-5-11(16,17)31-13(20,21)14(22,23)33-15(24,25)32-12(18,19)6-30-9(3)10(27)28-4/h8-9H,5-6H2,1-4H3/t8-,9-/m0/s1. The highest BCUT2D eigenvalue weighted by Gasteiger charge is 2.68. The van der Waals surface area contributed by atoms with Gasteiger partial charge in [-0.3, -0.25) is 4.79 Å². The van der Waals surface area contributed by atoms with E-state index < -0.39 is 67.9 Å². The van der Waals surface area contributed by atoms with Crippen LogP contribution in [-0.2, 0) is 38.0 Å². The summed E-state index contributed by atoms with van der Waals surface area (Å²) < 4.78 is 153. The molecule has 0 aromatic carbocycles. The summed E-state index contributed by atoms with van der Waals surface area (Å²) >= 11 is 0. The van der Waals surface area contributed by atoms with Gasteiger partial charge in [-0.15, -0.1) is 8.78 Å². The SMILES string of the molecule is COC(=O)[C@H](C)OCC(F)(F)OC(F)(F)OC(F)(F)C(F)(F)OC(F)(F)CO[C@@H](C)C(C)=O. The predicted molar refractivity (Wildman–Crippen MR) is 81.5 cm³/mol. The average Bonchev–Trinajstić information content (AvgIpc) is 2.60. The second kappa shape index (κ2) is 11.1. The highest BCUT2D eigenvalue weighted by Crippen LogP contribution is 2.44. The molecule has 0 aromatic heterocycles. The van der Waals surface area contributed by atoms with Gasteiger partial charge in [0.25, 0.3) is 0 Å². The quantitative estimate of drug-likeness (QED) is 0.186. The molecule has 0 aromatic rings. The number of esters is 1. The Kier molecular flexibility index (Phi) is 10.5. The largest absolute Gasteiger partial charge is 0.495 e. The monoisotopic (exact) mass is 516 g/mol. The highest BCUT2D eigenvalue weighted by atomic mass is 19.3. The number of halogens is 10.